The van der Waals surface area contributed by atoms with Crippen LogP contribution in [-0.2, 0) is 10.0 Å². The van der Waals surface area contributed by atoms with Gasteiger partial charge in [-0.25, -0.2) is 17.2 Å². The maximum atomic E-state index is 14.0. The molecule has 3 rings (SSSR count). The summed E-state index contributed by atoms with van der Waals surface area (Å²) in [6.07, 6.45) is 1.22. The van der Waals surface area contributed by atoms with E-state index in [4.69, 9.17) is 10.00 Å². The molecule has 9 heteroatoms. The zero-order chi connectivity index (χ0) is 19.6. The van der Waals surface area contributed by atoms with Crippen molar-refractivity contribution in [2.24, 2.45) is 0 Å². The number of nitrogens with one attached hydrogen (secondary N) is 2. The fraction of sp³-hybridized carbons (Fsp3) is 0.0556. The first kappa shape index (κ1) is 18.4. The average Bonchev–Trinajstić information content (AvgIpc) is 3.14. The molecule has 1 aromatic heterocycles. The second-order valence-electron chi connectivity index (χ2n) is 5.51. The van der Waals surface area contributed by atoms with Crippen LogP contribution in [0.1, 0.15) is 5.56 Å². The van der Waals surface area contributed by atoms with Crippen LogP contribution in [0.15, 0.2) is 53.6 Å². The van der Waals surface area contributed by atoms with Crippen LogP contribution in [0, 0.1) is 23.0 Å². The molecule has 2 N–H and O–H groups in total. The molecule has 0 fully saturated rings. The van der Waals surface area contributed by atoms with E-state index in [0.29, 0.717) is 11.3 Å². The van der Waals surface area contributed by atoms with E-state index in [0.717, 1.165) is 6.07 Å². The number of nitriles is 1. The predicted molar refractivity (Wildman–Crippen MR) is 94.7 cm³/mol. The number of aromatic amines is 1. The maximum Gasteiger partial charge on any atom is 0.263 e. The summed E-state index contributed by atoms with van der Waals surface area (Å²) in [5, 5.41) is 8.74. The first-order chi connectivity index (χ1) is 12.8. The molecule has 138 valence electrons. The number of aromatic nitrogens is 1. The molecule has 0 saturated carbocycles. The van der Waals surface area contributed by atoms with Gasteiger partial charge >= 0.3 is 0 Å². The minimum Gasteiger partial charge on any atom is -0.496 e. The Morgan fingerprint density at radius 2 is 1.93 bits per heavy atom. The Balaban J connectivity index is 1.93. The van der Waals surface area contributed by atoms with Crippen molar-refractivity contribution >= 4 is 15.7 Å². The van der Waals surface area contributed by atoms with Gasteiger partial charge in [0.05, 0.1) is 30.1 Å². The van der Waals surface area contributed by atoms with E-state index in [9.17, 15) is 17.2 Å². The van der Waals surface area contributed by atoms with Gasteiger partial charge in [0.15, 0.2) is 0 Å². The third-order valence-electron chi connectivity index (χ3n) is 3.76. The normalized spacial score (nSPS) is 11.0. The number of H-pyrrole nitrogens is 1. The Labute approximate surface area is 154 Å². The van der Waals surface area contributed by atoms with Crippen molar-refractivity contribution in [1.29, 1.82) is 5.26 Å². The molecule has 1 heterocycles. The number of ether oxygens (including phenoxy) is 1. The molecule has 0 radical (unpaired) electrons. The van der Waals surface area contributed by atoms with E-state index in [-0.39, 0.29) is 21.9 Å². The fourth-order valence-corrected chi connectivity index (χ4v) is 3.50. The van der Waals surface area contributed by atoms with Crippen molar-refractivity contribution in [1.82, 2.24) is 4.98 Å². The standard InChI is InChI=1S/C18H13F2N3O3S/c1-26-18-7-12(19)3-4-14(18)17-8-13(10-22-17)27(24,25)23-16-5-2-11(9-21)6-15(16)20/h2-8,10,22-23H,1H3. The minimum absolute atomic E-state index is 0.0720. The van der Waals surface area contributed by atoms with E-state index in [1.54, 1.807) is 6.07 Å². The first-order valence-electron chi connectivity index (χ1n) is 7.59. The van der Waals surface area contributed by atoms with Gasteiger partial charge in [0.25, 0.3) is 10.0 Å². The highest BCUT2D eigenvalue weighted by molar-refractivity contribution is 7.92. The molecule has 0 bridgehead atoms. The lowest BCUT2D eigenvalue weighted by atomic mass is 10.1. The van der Waals surface area contributed by atoms with Crippen LogP contribution >= 0.6 is 0 Å². The van der Waals surface area contributed by atoms with Crippen molar-refractivity contribution in [3.8, 4) is 23.1 Å². The third-order valence-corrected chi connectivity index (χ3v) is 5.11. The molecule has 0 aliphatic carbocycles. The summed E-state index contributed by atoms with van der Waals surface area (Å²) in [6, 6.07) is 10.3. The van der Waals surface area contributed by atoms with Crippen LogP contribution < -0.4 is 9.46 Å². The fourth-order valence-electron chi connectivity index (χ4n) is 2.44. The zero-order valence-corrected chi connectivity index (χ0v) is 14.8. The summed E-state index contributed by atoms with van der Waals surface area (Å²) in [6.45, 7) is 0. The van der Waals surface area contributed by atoms with Crippen LogP contribution in [-0.4, -0.2) is 20.5 Å². The molecule has 0 amide bonds. The third kappa shape index (κ3) is 3.75. The summed E-state index contributed by atoms with van der Waals surface area (Å²) < 4.78 is 59.5. The minimum atomic E-state index is -4.09. The van der Waals surface area contributed by atoms with Crippen LogP contribution in [0.25, 0.3) is 11.3 Å². The molecule has 2 aromatic carbocycles. The quantitative estimate of drug-likeness (QED) is 0.696. The summed E-state index contributed by atoms with van der Waals surface area (Å²) in [4.78, 5) is 2.64. The van der Waals surface area contributed by atoms with E-state index in [2.05, 4.69) is 9.71 Å². The van der Waals surface area contributed by atoms with Crippen molar-refractivity contribution in [3.05, 3.63) is 65.9 Å². The number of rotatable bonds is 5. The molecule has 0 aliphatic heterocycles. The van der Waals surface area contributed by atoms with E-state index >= 15 is 0 Å². The van der Waals surface area contributed by atoms with Gasteiger partial charge in [0.2, 0.25) is 0 Å². The van der Waals surface area contributed by atoms with Crippen molar-refractivity contribution in [2.45, 2.75) is 4.90 Å². The molecule has 27 heavy (non-hydrogen) atoms. The van der Waals surface area contributed by atoms with Crippen LogP contribution in [0.5, 0.6) is 5.75 Å². The first-order valence-corrected chi connectivity index (χ1v) is 9.07. The monoisotopic (exact) mass is 389 g/mol. The van der Waals surface area contributed by atoms with Crippen molar-refractivity contribution in [3.63, 3.8) is 0 Å². The van der Waals surface area contributed by atoms with Gasteiger partial charge < -0.3 is 9.72 Å². The van der Waals surface area contributed by atoms with E-state index in [1.807, 2.05) is 0 Å². The zero-order valence-electron chi connectivity index (χ0n) is 14.0. The molecule has 3 aromatic rings. The van der Waals surface area contributed by atoms with Gasteiger partial charge in [-0.05, 0) is 36.4 Å². The number of halogens is 2. The second-order valence-corrected chi connectivity index (χ2v) is 7.19. The van der Waals surface area contributed by atoms with Gasteiger partial charge in [0, 0.05) is 17.8 Å². The molecule has 6 nitrogen and oxygen atoms in total. The molecule has 0 aliphatic rings. The molecule has 0 saturated heterocycles. The second kappa shape index (κ2) is 7.09. The number of sulfonamides is 1. The van der Waals surface area contributed by atoms with Crippen molar-refractivity contribution in [2.75, 3.05) is 11.8 Å². The Morgan fingerprint density at radius 1 is 1.15 bits per heavy atom. The smallest absolute Gasteiger partial charge is 0.263 e. The van der Waals surface area contributed by atoms with E-state index in [1.165, 1.54) is 49.7 Å². The molecular formula is C18H13F2N3O3S. The Hall–Kier alpha value is -3.38. The van der Waals surface area contributed by atoms with Gasteiger partial charge in [-0.15, -0.1) is 0 Å². The van der Waals surface area contributed by atoms with Gasteiger partial charge in [-0.1, -0.05) is 0 Å². The number of hydrogen-bond acceptors (Lipinski definition) is 4. The topological polar surface area (TPSA) is 95.0 Å². The summed E-state index contributed by atoms with van der Waals surface area (Å²) in [5.41, 5.74) is 0.635. The number of nitrogens with zero attached hydrogens (tertiary/aromatic N) is 1. The molecular weight excluding hydrogens is 376 g/mol. The lowest BCUT2D eigenvalue weighted by Crippen LogP contribution is -2.13. The maximum absolute atomic E-state index is 14.0. The Kier molecular flexibility index (Phi) is 4.83. The lowest BCUT2D eigenvalue weighted by Gasteiger charge is -2.08. The van der Waals surface area contributed by atoms with Gasteiger partial charge in [0.1, 0.15) is 22.3 Å². The average molecular weight is 389 g/mol. The highest BCUT2D eigenvalue weighted by Gasteiger charge is 2.20. The summed E-state index contributed by atoms with van der Waals surface area (Å²) in [5.74, 6) is -1.13. The van der Waals surface area contributed by atoms with Crippen molar-refractivity contribution < 1.29 is 21.9 Å². The predicted octanol–water partition coefficient (Wildman–Crippen LogP) is 3.64. The summed E-state index contributed by atoms with van der Waals surface area (Å²) >= 11 is 0. The number of benzene rings is 2. The summed E-state index contributed by atoms with van der Waals surface area (Å²) in [7, 11) is -2.72. The van der Waals surface area contributed by atoms with Crippen LogP contribution in [0.4, 0.5) is 14.5 Å². The lowest BCUT2D eigenvalue weighted by molar-refractivity contribution is 0.413. The van der Waals surface area contributed by atoms with Gasteiger partial charge in [-0.3, -0.25) is 4.72 Å². The molecule has 0 atom stereocenters. The Morgan fingerprint density at radius 3 is 2.59 bits per heavy atom. The number of hydrogen-bond donors (Lipinski definition) is 2. The highest BCUT2D eigenvalue weighted by Crippen LogP contribution is 2.31. The highest BCUT2D eigenvalue weighted by atomic mass is 32.2. The van der Waals surface area contributed by atoms with Crippen LogP contribution in [0.2, 0.25) is 0 Å². The number of anilines is 1. The molecule has 0 spiro atoms. The number of methoxy groups -OCH3 is 1. The van der Waals surface area contributed by atoms with E-state index < -0.39 is 21.7 Å². The SMILES string of the molecule is COc1cc(F)ccc1-c1cc(S(=O)(=O)Nc2ccc(C#N)cc2F)c[nH]1. The largest absolute Gasteiger partial charge is 0.496 e. The van der Waals surface area contributed by atoms with Gasteiger partial charge in [-0.2, -0.15) is 5.26 Å². The van der Waals surface area contributed by atoms with Crippen LogP contribution in [0.3, 0.4) is 0 Å². The Bertz CT molecular complexity index is 1150. The molecule has 0 unspecified atom stereocenters.